The number of hydrogen-bond donors (Lipinski definition) is 2. The van der Waals surface area contributed by atoms with Crippen LogP contribution in [0.5, 0.6) is 0 Å². The number of anilines is 1. The monoisotopic (exact) mass is 514 g/mol. The molecule has 5 atom stereocenters. The Morgan fingerprint density at radius 1 is 0.939 bits per heavy atom. The first kappa shape index (κ1) is 24.4. The molecule has 184 valence electrons. The molecule has 0 heterocycles. The molecule has 1 amide bonds. The predicted octanol–water partition coefficient (Wildman–Crippen LogP) is 2.86. The topological polar surface area (TPSA) is 119 Å². The van der Waals surface area contributed by atoms with E-state index in [1.165, 1.54) is 23.5 Å². The molecule has 0 spiro atoms. The molecule has 5 unspecified atom stereocenters. The highest BCUT2D eigenvalue weighted by atomic mass is 32.3. The number of benzene rings is 1. The third kappa shape index (κ3) is 4.26. The summed E-state index contributed by atoms with van der Waals surface area (Å²) in [5.74, 6) is -7.73. The quantitative estimate of drug-likeness (QED) is 0.515. The zero-order valence-corrected chi connectivity index (χ0v) is 18.7. The van der Waals surface area contributed by atoms with Crippen molar-refractivity contribution >= 4 is 31.9 Å². The molecule has 3 aliphatic rings. The lowest BCUT2D eigenvalue weighted by atomic mass is 9.80. The van der Waals surface area contributed by atoms with Crippen molar-refractivity contribution in [3.63, 3.8) is 0 Å². The third-order valence-electron chi connectivity index (χ3n) is 6.85. The standard InChI is InChI=1S/C19H22F4N2O6S2/c20-18(21,17(26)24-12-5-2-1-3-6-12)19(22,23)32(27,28)25-33(29,30)31-16-10-11-9-15(16)14-8-4-7-13(11)14/h1-3,5-6,11,13-16,25H,4,7-10H2,(H,24,26). The number of nitrogens with one attached hydrogen (secondary N) is 2. The predicted molar refractivity (Wildman–Crippen MR) is 108 cm³/mol. The Balaban J connectivity index is 1.46. The van der Waals surface area contributed by atoms with Crippen molar-refractivity contribution in [3.05, 3.63) is 30.3 Å². The summed E-state index contributed by atoms with van der Waals surface area (Å²) >= 11 is 0. The van der Waals surface area contributed by atoms with Gasteiger partial charge in [0.1, 0.15) is 0 Å². The number of halogens is 4. The summed E-state index contributed by atoms with van der Waals surface area (Å²) in [6.07, 6.45) is 2.97. The van der Waals surface area contributed by atoms with Crippen molar-refractivity contribution in [2.45, 2.75) is 49.4 Å². The molecule has 2 N–H and O–H groups in total. The Bertz CT molecular complexity index is 1130. The fourth-order valence-electron chi connectivity index (χ4n) is 5.52. The minimum atomic E-state index is -6.59. The summed E-state index contributed by atoms with van der Waals surface area (Å²) in [7, 11) is -12.0. The zero-order valence-electron chi connectivity index (χ0n) is 17.1. The van der Waals surface area contributed by atoms with Crippen molar-refractivity contribution in [1.82, 2.24) is 4.13 Å². The van der Waals surface area contributed by atoms with Crippen LogP contribution in [-0.2, 0) is 29.3 Å². The van der Waals surface area contributed by atoms with Gasteiger partial charge < -0.3 is 5.32 Å². The van der Waals surface area contributed by atoms with E-state index in [9.17, 15) is 39.2 Å². The molecule has 8 nitrogen and oxygen atoms in total. The molecule has 0 radical (unpaired) electrons. The summed E-state index contributed by atoms with van der Waals surface area (Å²) in [6.45, 7) is 0. The fraction of sp³-hybridized carbons (Fsp3) is 0.632. The highest BCUT2D eigenvalue weighted by Gasteiger charge is 2.71. The molecule has 2 bridgehead atoms. The van der Waals surface area contributed by atoms with Crippen molar-refractivity contribution in [3.8, 4) is 0 Å². The van der Waals surface area contributed by atoms with Gasteiger partial charge >= 0.3 is 27.4 Å². The molecule has 3 fully saturated rings. The van der Waals surface area contributed by atoms with E-state index in [0.29, 0.717) is 22.9 Å². The number of sulfonamides is 1. The van der Waals surface area contributed by atoms with Gasteiger partial charge in [-0.3, -0.25) is 8.98 Å². The number of para-hydroxylation sites is 1. The molecule has 14 heteroatoms. The van der Waals surface area contributed by atoms with Crippen LogP contribution in [0, 0.1) is 23.7 Å². The minimum Gasteiger partial charge on any atom is -0.321 e. The van der Waals surface area contributed by atoms with Gasteiger partial charge in [0.15, 0.2) is 0 Å². The molecule has 33 heavy (non-hydrogen) atoms. The van der Waals surface area contributed by atoms with Crippen LogP contribution in [0.3, 0.4) is 0 Å². The second kappa shape index (κ2) is 8.17. The first-order chi connectivity index (χ1) is 15.3. The van der Waals surface area contributed by atoms with Crippen LogP contribution in [0.25, 0.3) is 0 Å². The number of carbonyl (C=O) groups excluding carboxylic acids is 1. The van der Waals surface area contributed by atoms with E-state index in [4.69, 9.17) is 4.18 Å². The van der Waals surface area contributed by atoms with Crippen molar-refractivity contribution in [2.75, 3.05) is 5.32 Å². The highest BCUT2D eigenvalue weighted by Crippen LogP contribution is 2.59. The van der Waals surface area contributed by atoms with Crippen LogP contribution in [0.4, 0.5) is 23.2 Å². The van der Waals surface area contributed by atoms with Crippen LogP contribution >= 0.6 is 0 Å². The first-order valence-electron chi connectivity index (χ1n) is 10.3. The normalized spacial score (nSPS) is 29.8. The maximum Gasteiger partial charge on any atom is 0.431 e. The summed E-state index contributed by atoms with van der Waals surface area (Å²) in [5.41, 5.74) is -0.291. The van der Waals surface area contributed by atoms with E-state index >= 15 is 0 Å². The molecular formula is C19H22F4N2O6S2. The molecule has 1 aromatic carbocycles. The summed E-state index contributed by atoms with van der Waals surface area (Å²) in [4.78, 5) is 11.8. The maximum absolute atomic E-state index is 14.3. The summed E-state index contributed by atoms with van der Waals surface area (Å²) in [5, 5.41) is -4.62. The van der Waals surface area contributed by atoms with E-state index in [2.05, 4.69) is 0 Å². The summed E-state index contributed by atoms with van der Waals surface area (Å²) in [6, 6.07) is 6.32. The Kier molecular flexibility index (Phi) is 6.03. The Morgan fingerprint density at radius 3 is 2.24 bits per heavy atom. The molecular weight excluding hydrogens is 492 g/mol. The van der Waals surface area contributed by atoms with Crippen molar-refractivity contribution < 1.29 is 43.4 Å². The van der Waals surface area contributed by atoms with Gasteiger partial charge in [0.2, 0.25) is 0 Å². The number of amides is 1. The minimum absolute atomic E-state index is 0.166. The van der Waals surface area contributed by atoms with E-state index in [1.54, 1.807) is 0 Å². The number of fused-ring (bicyclic) bond motifs is 5. The van der Waals surface area contributed by atoms with Crippen molar-refractivity contribution in [1.29, 1.82) is 0 Å². The largest absolute Gasteiger partial charge is 0.431 e. The fourth-order valence-corrected chi connectivity index (χ4v) is 8.14. The zero-order chi connectivity index (χ0) is 24.2. The number of hydrogen-bond acceptors (Lipinski definition) is 6. The Morgan fingerprint density at radius 2 is 1.58 bits per heavy atom. The number of rotatable bonds is 8. The number of alkyl halides is 4. The van der Waals surface area contributed by atoms with Gasteiger partial charge in [0.25, 0.3) is 10.0 Å². The van der Waals surface area contributed by atoms with Gasteiger partial charge in [-0.05, 0) is 61.5 Å². The smallest absolute Gasteiger partial charge is 0.321 e. The number of carbonyl (C=O) groups is 1. The van der Waals surface area contributed by atoms with Gasteiger partial charge in [-0.15, -0.1) is 0 Å². The van der Waals surface area contributed by atoms with Crippen molar-refractivity contribution in [2.24, 2.45) is 23.7 Å². The lowest BCUT2D eigenvalue weighted by Crippen LogP contribution is -2.58. The van der Waals surface area contributed by atoms with E-state index in [-0.39, 0.29) is 23.4 Å². The maximum atomic E-state index is 14.3. The van der Waals surface area contributed by atoms with Gasteiger partial charge in [-0.2, -0.15) is 26.0 Å². The average Bonchev–Trinajstić information content (AvgIpc) is 3.40. The Hall–Kier alpha value is -1.77. The lowest BCUT2D eigenvalue weighted by Gasteiger charge is -2.31. The van der Waals surface area contributed by atoms with Gasteiger partial charge in [-0.1, -0.05) is 28.7 Å². The molecule has 1 aromatic rings. The SMILES string of the molecule is O=C(Nc1ccccc1)C(F)(F)C(F)(F)S(=O)(=O)NS(=O)(=O)OC1CC2CC1C1CCCC21. The van der Waals surface area contributed by atoms with Crippen LogP contribution < -0.4 is 9.44 Å². The highest BCUT2D eigenvalue weighted by molar-refractivity contribution is 8.03. The van der Waals surface area contributed by atoms with Crippen LogP contribution in [0.1, 0.15) is 32.1 Å². The Labute approximate surface area is 188 Å². The molecule has 3 saturated carbocycles. The second-order valence-electron chi connectivity index (χ2n) is 8.74. The average molecular weight is 515 g/mol. The summed E-state index contributed by atoms with van der Waals surface area (Å²) < 4.78 is 111. The van der Waals surface area contributed by atoms with E-state index in [1.807, 2.05) is 0 Å². The molecule has 3 aliphatic carbocycles. The van der Waals surface area contributed by atoms with Gasteiger partial charge in [0, 0.05) is 5.69 Å². The van der Waals surface area contributed by atoms with Gasteiger partial charge in [0.05, 0.1) is 6.10 Å². The molecule has 0 aromatic heterocycles. The van der Waals surface area contributed by atoms with Crippen LogP contribution in [0.15, 0.2) is 30.3 Å². The molecule has 0 saturated heterocycles. The van der Waals surface area contributed by atoms with Crippen LogP contribution in [-0.4, -0.2) is 40.0 Å². The lowest BCUT2D eigenvalue weighted by molar-refractivity contribution is -0.175. The third-order valence-corrected chi connectivity index (χ3v) is 9.98. The second-order valence-corrected chi connectivity index (χ2v) is 12.0. The van der Waals surface area contributed by atoms with E-state index in [0.717, 1.165) is 31.4 Å². The van der Waals surface area contributed by atoms with Gasteiger partial charge in [-0.25, -0.2) is 8.42 Å². The van der Waals surface area contributed by atoms with E-state index < -0.39 is 43.5 Å². The molecule has 0 aliphatic heterocycles. The van der Waals surface area contributed by atoms with Crippen LogP contribution in [0.2, 0.25) is 0 Å². The first-order valence-corrected chi connectivity index (χ1v) is 13.2. The molecule has 4 rings (SSSR count).